The van der Waals surface area contributed by atoms with Crippen LogP contribution in [0.4, 0.5) is 0 Å². The van der Waals surface area contributed by atoms with Gasteiger partial charge in [-0.05, 0) is 129 Å². The van der Waals surface area contributed by atoms with Crippen LogP contribution in [0.25, 0.3) is 11.1 Å². The zero-order chi connectivity index (χ0) is 90.0. The molecule has 0 radical (unpaired) electrons. The molecule has 8 aliphatic rings. The average Bonchev–Trinajstić information content (AvgIpc) is 0.763. The number of likely N-dealkylation sites (N-methyl/N-ethyl adjacent to an activating group) is 1. The lowest BCUT2D eigenvalue weighted by atomic mass is 9.84. The number of rotatable bonds is 22. The Labute approximate surface area is 718 Å². The largest absolute Gasteiger partial charge is 0.508 e. The SMILES string of the molecule is CN[C@H](CC(C)C)C(=O)NC1C(=O)N[C@@H](CC(N)=O)C(=O)N[C@H]2C(=O)NC3C(=O)N[C@H](C(=O)N[C@@H](C(=O)O)c4cc(O)cc(O)c4-c4cc3ccc4O)[C@H](OC3CC(C)(N)C(O)C(C)O3)c3ccc(c(Cl)c3)Oc3cc2cc(c3OC2OC(CO)C(O)C(O)C2OC2CC(C)(NCC(OCc3ccccc3)C(=O)O)C(O)C(C)O2)Oc2ccc(cc2Cl)[C@H]1O. The minimum absolute atomic E-state index is 0.115. The number of aromatic hydroxyl groups is 3. The molecule has 3 saturated heterocycles. The van der Waals surface area contributed by atoms with Crippen LogP contribution in [0.2, 0.25) is 10.0 Å². The van der Waals surface area contributed by atoms with E-state index in [2.05, 4.69) is 42.5 Å². The molecule has 0 aliphatic carbocycles. The van der Waals surface area contributed by atoms with Crippen molar-refractivity contribution in [2.24, 2.45) is 17.4 Å². The Hall–Kier alpha value is -10.7. The highest BCUT2D eigenvalue weighted by molar-refractivity contribution is 6.32. The van der Waals surface area contributed by atoms with E-state index in [1.165, 1.54) is 52.9 Å². The monoisotopic (exact) mass is 1770 g/mol. The number of carboxylic acids is 2. The van der Waals surface area contributed by atoms with Crippen LogP contribution in [0.3, 0.4) is 0 Å². The van der Waals surface area contributed by atoms with Crippen LogP contribution in [-0.2, 0) is 78.2 Å². The van der Waals surface area contributed by atoms with Crippen LogP contribution in [0.5, 0.6) is 46.0 Å². The normalized spacial score (nSPS) is 30.1. The van der Waals surface area contributed by atoms with E-state index >= 15 is 24.0 Å². The van der Waals surface area contributed by atoms with E-state index in [0.717, 1.165) is 60.7 Å². The highest BCUT2D eigenvalue weighted by Gasteiger charge is 2.53. The van der Waals surface area contributed by atoms with Crippen molar-refractivity contribution in [1.29, 1.82) is 0 Å². The molecule has 6 aromatic carbocycles. The van der Waals surface area contributed by atoms with Crippen LogP contribution < -0.4 is 68.2 Å². The molecule has 23 N–H and O–H groups in total. The zero-order valence-electron chi connectivity index (χ0n) is 67.7. The second-order valence-corrected chi connectivity index (χ2v) is 33.0. The minimum Gasteiger partial charge on any atom is -0.508 e. The fourth-order valence-electron chi connectivity index (χ4n) is 15.7. The van der Waals surface area contributed by atoms with Gasteiger partial charge in [0.15, 0.2) is 42.3 Å². The Morgan fingerprint density at radius 1 is 0.661 bits per heavy atom. The summed E-state index contributed by atoms with van der Waals surface area (Å²) in [5.74, 6) is -17.9. The molecular weight excluding hydrogens is 1670 g/mol. The number of aliphatic carboxylic acids is 2. The molecule has 668 valence electrons. The number of benzene rings is 6. The summed E-state index contributed by atoms with van der Waals surface area (Å²) in [6.45, 7) is 7.96. The van der Waals surface area contributed by atoms with Crippen molar-refractivity contribution in [3.05, 3.63) is 153 Å². The maximum Gasteiger partial charge on any atom is 0.334 e. The van der Waals surface area contributed by atoms with Crippen molar-refractivity contribution < 1.29 is 142 Å². The van der Waals surface area contributed by atoms with E-state index in [9.17, 15) is 75.3 Å². The van der Waals surface area contributed by atoms with Crippen LogP contribution in [0.1, 0.15) is 131 Å². The molecule has 7 amide bonds. The number of ether oxygens (including phenoxy) is 9. The average molecular weight is 1770 g/mol. The maximum absolute atomic E-state index is 16.5. The Bertz CT molecular complexity index is 5020. The quantitative estimate of drug-likeness (QED) is 0.0459. The number of carbonyl (C=O) groups excluding carboxylic acids is 7. The molecular formula is C83H98Cl2N10O29. The molecule has 0 saturated carbocycles. The van der Waals surface area contributed by atoms with Gasteiger partial charge in [-0.15, -0.1) is 0 Å². The maximum atomic E-state index is 16.5. The number of carboxylic acid groups (broad SMARTS) is 2. The number of hydrogen-bond donors (Lipinski definition) is 21. The number of aliphatic hydroxyl groups excluding tert-OH is 6. The highest BCUT2D eigenvalue weighted by Crippen LogP contribution is 2.51. The smallest absolute Gasteiger partial charge is 0.334 e. The molecule has 8 heterocycles. The molecule has 6 aromatic rings. The van der Waals surface area contributed by atoms with Crippen LogP contribution >= 0.6 is 23.2 Å². The third-order valence-corrected chi connectivity index (χ3v) is 23.0. The first-order valence-corrected chi connectivity index (χ1v) is 40.3. The second kappa shape index (κ2) is 38.4. The van der Waals surface area contributed by atoms with E-state index in [4.69, 9.17) is 77.3 Å². The summed E-state index contributed by atoms with van der Waals surface area (Å²) in [6.07, 6.45) is -25.6. The Balaban J connectivity index is 1.08. The molecule has 0 spiro atoms. The van der Waals surface area contributed by atoms with Gasteiger partial charge in [-0.1, -0.05) is 85.6 Å². The van der Waals surface area contributed by atoms with Gasteiger partial charge in [-0.2, -0.15) is 0 Å². The van der Waals surface area contributed by atoms with Gasteiger partial charge < -0.3 is 153 Å². The fraction of sp³-hybridized carbons (Fsp3) is 0.458. The summed E-state index contributed by atoms with van der Waals surface area (Å²) in [6, 6.07) is 7.81. The number of carbonyl (C=O) groups is 9. The molecule has 41 heteroatoms. The molecule has 3 fully saturated rings. The number of amides is 7. The highest BCUT2D eigenvalue weighted by atomic mass is 35.5. The van der Waals surface area contributed by atoms with Crippen molar-refractivity contribution in [1.82, 2.24) is 42.5 Å². The molecule has 8 aliphatic heterocycles. The Morgan fingerprint density at radius 2 is 1.27 bits per heavy atom. The summed E-state index contributed by atoms with van der Waals surface area (Å²) in [4.78, 5) is 133. The number of fused-ring (bicyclic) bond motifs is 15. The number of hydrogen-bond acceptors (Lipinski definition) is 30. The van der Waals surface area contributed by atoms with Crippen molar-refractivity contribution >= 4 is 76.5 Å². The van der Waals surface area contributed by atoms with Gasteiger partial charge in [0, 0.05) is 53.2 Å². The summed E-state index contributed by atoms with van der Waals surface area (Å²) in [7, 11) is 1.46. The number of phenols is 3. The number of halogens is 2. The van der Waals surface area contributed by atoms with Gasteiger partial charge in [-0.3, -0.25) is 33.6 Å². The first-order chi connectivity index (χ1) is 58.6. The first-order valence-electron chi connectivity index (χ1n) is 39.5. The fourth-order valence-corrected chi connectivity index (χ4v) is 16.2. The van der Waals surface area contributed by atoms with E-state index in [0.29, 0.717) is 5.56 Å². The summed E-state index contributed by atoms with van der Waals surface area (Å²) in [5, 5.41) is 147. The van der Waals surface area contributed by atoms with Gasteiger partial charge in [0.05, 0.1) is 60.1 Å². The Kier molecular flexibility index (Phi) is 28.7. The van der Waals surface area contributed by atoms with Crippen LogP contribution in [0, 0.1) is 5.92 Å². The molecule has 23 atom stereocenters. The third-order valence-electron chi connectivity index (χ3n) is 22.4. The van der Waals surface area contributed by atoms with Crippen molar-refractivity contribution in [2.45, 2.75) is 213 Å². The van der Waals surface area contributed by atoms with Gasteiger partial charge in [-0.25, -0.2) is 9.59 Å². The third kappa shape index (κ3) is 20.5. The number of aliphatic hydroxyl groups is 6. The topological polar surface area (TPSA) is 608 Å². The van der Waals surface area contributed by atoms with Crippen LogP contribution in [0.15, 0.2) is 109 Å². The predicted molar refractivity (Wildman–Crippen MR) is 432 cm³/mol. The van der Waals surface area contributed by atoms with E-state index in [-0.39, 0.29) is 48.5 Å². The van der Waals surface area contributed by atoms with Gasteiger partial charge in [0.2, 0.25) is 53.4 Å². The predicted octanol–water partition coefficient (Wildman–Crippen LogP) is 1.64. The molecule has 11 bridgehead atoms. The van der Waals surface area contributed by atoms with Gasteiger partial charge >= 0.3 is 11.9 Å². The first kappa shape index (κ1) is 92.5. The number of primary amides is 1. The number of phenolic OH excluding ortho intramolecular Hbond substituents is 3. The lowest BCUT2D eigenvalue weighted by molar-refractivity contribution is -0.334. The lowest BCUT2D eigenvalue weighted by Crippen LogP contribution is -2.66. The summed E-state index contributed by atoms with van der Waals surface area (Å²) >= 11 is 14.6. The number of nitrogens with one attached hydrogen (secondary N) is 8. The van der Waals surface area contributed by atoms with E-state index in [1.54, 1.807) is 30.3 Å². The lowest BCUT2D eigenvalue weighted by Gasteiger charge is -2.48. The van der Waals surface area contributed by atoms with Crippen molar-refractivity contribution in [3.8, 4) is 57.1 Å². The molecule has 16 unspecified atom stereocenters. The second-order valence-electron chi connectivity index (χ2n) is 32.2. The van der Waals surface area contributed by atoms with Gasteiger partial charge in [0.1, 0.15) is 89.5 Å². The molecule has 14 rings (SSSR count). The van der Waals surface area contributed by atoms with Crippen molar-refractivity contribution in [3.63, 3.8) is 0 Å². The minimum atomic E-state index is -2.43. The summed E-state index contributed by atoms with van der Waals surface area (Å²) in [5.41, 5.74) is 7.17. The Morgan fingerprint density at radius 3 is 1.89 bits per heavy atom. The van der Waals surface area contributed by atoms with Crippen molar-refractivity contribution in [2.75, 3.05) is 20.2 Å². The van der Waals surface area contributed by atoms with Gasteiger partial charge in [0.25, 0.3) is 0 Å². The van der Waals surface area contributed by atoms with E-state index < -0.39 is 291 Å². The number of nitrogens with two attached hydrogens (primary N) is 2. The molecule has 124 heavy (non-hydrogen) atoms. The molecule has 0 aromatic heterocycles. The van der Waals surface area contributed by atoms with Crippen LogP contribution in [-0.4, -0.2) is 239 Å². The van der Waals surface area contributed by atoms with E-state index in [1.807, 2.05) is 13.8 Å². The standard InChI is InChI=1S/C83H98Cl2N10O29/c1-33(2)19-46(88-7)73(106)94-63-65(101)38-14-17-50(44(84)21-38)119-52-23-40-24-53(69(52)124-81-70(67(103)66(102)55(31-96)121-81)123-58-29-83(6,72(105)35(4)118-58)89-30-54(79(112)113)116-32-36-11-9-8-10-12-36)120-51-18-15-39(22-45(51)85)68(122-57-28-82(5,87)71(104)34(3)117-57)64-78(111)93-62(80(114)115)43-25-41(97)26-49(99)59(43)42-20-37(13-16-48(42)98)60(75(108)95-64)92-76(109)61(40)91-74(107)47(27-56(86)100)90-77(63)110/h8-18,20-26,33-35,46-47,54-55,57-58,60-68,70-72,81,88-89,96-99,101-105H,19,27-32,87H2,1-7H3,(H2,86,100)(H,90,110)(H,91,107)(H,92,109)(H,93,111)(H,94,106)(H,95,108)(H,112,113)(H,114,115)/t34?,35?,46-,47+,54?,55?,57?,58?,60?,61-,62-,63?,64+,65-,66?,67?,68-,70?,71?,72?,81?,82?,83?/m1/s1. The summed E-state index contributed by atoms with van der Waals surface area (Å²) < 4.78 is 58.3. The molecule has 39 nitrogen and oxygen atoms in total. The zero-order valence-corrected chi connectivity index (χ0v) is 69.2.